The molecule has 2 N–H and O–H groups in total. The number of Topliss-reactive ketones (excluding diaryl/α,β-unsaturated/α-hetero) is 1. The Balaban J connectivity index is 1.99. The number of anilines is 1. The first-order valence-electron chi connectivity index (χ1n) is 6.03. The smallest absolute Gasteiger partial charge is 0.141 e. The normalized spacial score (nSPS) is 10.2. The molecule has 2 rings (SSSR count). The minimum absolute atomic E-state index is 0.116. The molecule has 0 radical (unpaired) electrons. The summed E-state index contributed by atoms with van der Waals surface area (Å²) in [6, 6.07) is 11.1. The molecular formula is C15H16N2O2. The second kappa shape index (κ2) is 6.00. The van der Waals surface area contributed by atoms with Gasteiger partial charge in [-0.1, -0.05) is 18.2 Å². The van der Waals surface area contributed by atoms with Crippen molar-refractivity contribution >= 4 is 11.6 Å². The first kappa shape index (κ1) is 13.1. The molecule has 1 heterocycles. The van der Waals surface area contributed by atoms with E-state index in [1.54, 1.807) is 19.4 Å². The average Bonchev–Trinajstić information content (AvgIpc) is 2.42. The molecule has 0 atom stereocenters. The van der Waals surface area contributed by atoms with E-state index in [0.717, 1.165) is 16.9 Å². The maximum absolute atomic E-state index is 12.0. The van der Waals surface area contributed by atoms with E-state index >= 15 is 0 Å². The Hall–Kier alpha value is -2.36. The zero-order valence-corrected chi connectivity index (χ0v) is 10.8. The highest BCUT2D eigenvalue weighted by molar-refractivity contribution is 5.84. The van der Waals surface area contributed by atoms with Gasteiger partial charge in [-0.2, -0.15) is 0 Å². The van der Waals surface area contributed by atoms with Crippen molar-refractivity contribution in [3.8, 4) is 5.75 Å². The molecule has 0 aliphatic carbocycles. The van der Waals surface area contributed by atoms with E-state index in [1.165, 1.54) is 0 Å². The fourth-order valence-corrected chi connectivity index (χ4v) is 1.85. The van der Waals surface area contributed by atoms with Crippen LogP contribution in [0.25, 0.3) is 0 Å². The third-order valence-corrected chi connectivity index (χ3v) is 2.87. The van der Waals surface area contributed by atoms with Crippen LogP contribution in [0, 0.1) is 0 Å². The van der Waals surface area contributed by atoms with Gasteiger partial charge in [-0.05, 0) is 23.8 Å². The van der Waals surface area contributed by atoms with Crippen molar-refractivity contribution < 1.29 is 9.53 Å². The minimum atomic E-state index is 0.116. The van der Waals surface area contributed by atoms with E-state index < -0.39 is 0 Å². The number of carbonyl (C=O) groups is 1. The minimum Gasteiger partial charge on any atom is -0.497 e. The molecule has 0 fully saturated rings. The van der Waals surface area contributed by atoms with Gasteiger partial charge in [0.1, 0.15) is 17.4 Å². The van der Waals surface area contributed by atoms with Crippen LogP contribution in [-0.4, -0.2) is 17.9 Å². The summed E-state index contributed by atoms with van der Waals surface area (Å²) < 4.78 is 5.08. The van der Waals surface area contributed by atoms with Gasteiger partial charge in [0.15, 0.2) is 0 Å². The monoisotopic (exact) mass is 256 g/mol. The molecule has 0 saturated carbocycles. The highest BCUT2D eigenvalue weighted by Crippen LogP contribution is 2.14. The van der Waals surface area contributed by atoms with Crippen LogP contribution in [0.5, 0.6) is 5.75 Å². The Kier molecular flexibility index (Phi) is 4.13. The third kappa shape index (κ3) is 3.55. The predicted molar refractivity (Wildman–Crippen MR) is 74.1 cm³/mol. The maximum atomic E-state index is 12.0. The van der Waals surface area contributed by atoms with Gasteiger partial charge in [0.05, 0.1) is 7.11 Å². The lowest BCUT2D eigenvalue weighted by Crippen LogP contribution is -2.09. The number of rotatable bonds is 5. The molecule has 0 saturated heterocycles. The number of benzene rings is 1. The molecule has 0 amide bonds. The standard InChI is InChI=1S/C15H16N2O2/c1-19-14-6-4-11(5-7-14)9-13(18)10-12-3-2-8-17-15(12)16/h2-8H,9-10H2,1H3,(H2,16,17). The Morgan fingerprint density at radius 3 is 2.58 bits per heavy atom. The fourth-order valence-electron chi connectivity index (χ4n) is 1.85. The van der Waals surface area contributed by atoms with Gasteiger partial charge in [-0.15, -0.1) is 0 Å². The van der Waals surface area contributed by atoms with Crippen molar-refractivity contribution in [3.05, 3.63) is 53.7 Å². The zero-order valence-electron chi connectivity index (χ0n) is 10.8. The number of ketones is 1. The van der Waals surface area contributed by atoms with E-state index in [0.29, 0.717) is 18.7 Å². The van der Waals surface area contributed by atoms with Gasteiger partial charge in [0.25, 0.3) is 0 Å². The van der Waals surface area contributed by atoms with Crippen molar-refractivity contribution in [3.63, 3.8) is 0 Å². The number of pyridine rings is 1. The van der Waals surface area contributed by atoms with Gasteiger partial charge in [0.2, 0.25) is 0 Å². The number of ether oxygens (including phenoxy) is 1. The fraction of sp³-hybridized carbons (Fsp3) is 0.200. The third-order valence-electron chi connectivity index (χ3n) is 2.87. The van der Waals surface area contributed by atoms with E-state index in [4.69, 9.17) is 10.5 Å². The Morgan fingerprint density at radius 2 is 1.95 bits per heavy atom. The summed E-state index contributed by atoms with van der Waals surface area (Å²) in [5, 5.41) is 0. The summed E-state index contributed by atoms with van der Waals surface area (Å²) in [6.45, 7) is 0. The molecule has 0 aliphatic rings. The molecule has 0 spiro atoms. The van der Waals surface area contributed by atoms with Gasteiger partial charge in [0, 0.05) is 24.6 Å². The molecule has 4 heteroatoms. The van der Waals surface area contributed by atoms with Crippen molar-refractivity contribution in [2.24, 2.45) is 0 Å². The Morgan fingerprint density at radius 1 is 1.21 bits per heavy atom. The van der Waals surface area contributed by atoms with Crippen LogP contribution in [-0.2, 0) is 17.6 Å². The molecule has 98 valence electrons. The number of hydrogen-bond donors (Lipinski definition) is 1. The summed E-state index contributed by atoms with van der Waals surface area (Å²) in [4.78, 5) is 15.9. The van der Waals surface area contributed by atoms with Gasteiger partial charge >= 0.3 is 0 Å². The van der Waals surface area contributed by atoms with E-state index in [9.17, 15) is 4.79 Å². The quantitative estimate of drug-likeness (QED) is 0.889. The molecule has 19 heavy (non-hydrogen) atoms. The highest BCUT2D eigenvalue weighted by Gasteiger charge is 2.08. The van der Waals surface area contributed by atoms with Crippen LogP contribution in [0.4, 0.5) is 5.82 Å². The van der Waals surface area contributed by atoms with E-state index in [-0.39, 0.29) is 5.78 Å². The molecule has 1 aromatic carbocycles. The van der Waals surface area contributed by atoms with Crippen LogP contribution in [0.2, 0.25) is 0 Å². The predicted octanol–water partition coefficient (Wildman–Crippen LogP) is 2.03. The molecule has 2 aromatic rings. The summed E-state index contributed by atoms with van der Waals surface area (Å²) in [5.74, 6) is 1.32. The molecule has 4 nitrogen and oxygen atoms in total. The van der Waals surface area contributed by atoms with Crippen molar-refractivity contribution in [2.45, 2.75) is 12.8 Å². The second-order valence-electron chi connectivity index (χ2n) is 4.29. The maximum Gasteiger partial charge on any atom is 0.141 e. The van der Waals surface area contributed by atoms with Gasteiger partial charge in [-0.3, -0.25) is 4.79 Å². The SMILES string of the molecule is COc1ccc(CC(=O)Cc2cccnc2N)cc1. The summed E-state index contributed by atoms with van der Waals surface area (Å²) in [7, 11) is 1.62. The second-order valence-corrected chi connectivity index (χ2v) is 4.29. The topological polar surface area (TPSA) is 65.2 Å². The zero-order chi connectivity index (χ0) is 13.7. The number of nitrogens with two attached hydrogens (primary N) is 1. The Labute approximate surface area is 112 Å². The molecular weight excluding hydrogens is 240 g/mol. The number of nitrogen functional groups attached to an aromatic ring is 1. The van der Waals surface area contributed by atoms with Crippen LogP contribution in [0.1, 0.15) is 11.1 Å². The summed E-state index contributed by atoms with van der Waals surface area (Å²) >= 11 is 0. The number of aromatic nitrogens is 1. The lowest BCUT2D eigenvalue weighted by molar-refractivity contribution is -0.117. The number of carbonyl (C=O) groups excluding carboxylic acids is 1. The lowest BCUT2D eigenvalue weighted by Gasteiger charge is -2.05. The van der Waals surface area contributed by atoms with Crippen LogP contribution in [0.15, 0.2) is 42.6 Å². The van der Waals surface area contributed by atoms with Crippen molar-refractivity contribution in [2.75, 3.05) is 12.8 Å². The number of nitrogens with zero attached hydrogens (tertiary/aromatic N) is 1. The molecule has 1 aromatic heterocycles. The first-order valence-corrected chi connectivity index (χ1v) is 6.03. The lowest BCUT2D eigenvalue weighted by atomic mass is 10.0. The van der Waals surface area contributed by atoms with Crippen molar-refractivity contribution in [1.82, 2.24) is 4.98 Å². The highest BCUT2D eigenvalue weighted by atomic mass is 16.5. The largest absolute Gasteiger partial charge is 0.497 e. The first-order chi connectivity index (χ1) is 9.19. The van der Waals surface area contributed by atoms with Gasteiger partial charge < -0.3 is 10.5 Å². The van der Waals surface area contributed by atoms with E-state index in [2.05, 4.69) is 4.98 Å². The summed E-state index contributed by atoms with van der Waals surface area (Å²) in [5.41, 5.74) is 7.46. The van der Waals surface area contributed by atoms with E-state index in [1.807, 2.05) is 30.3 Å². The van der Waals surface area contributed by atoms with Crippen molar-refractivity contribution in [1.29, 1.82) is 0 Å². The molecule has 0 unspecified atom stereocenters. The van der Waals surface area contributed by atoms with Gasteiger partial charge in [-0.25, -0.2) is 4.98 Å². The van der Waals surface area contributed by atoms with Crippen LogP contribution < -0.4 is 10.5 Å². The molecule has 0 aliphatic heterocycles. The van der Waals surface area contributed by atoms with Crippen LogP contribution >= 0.6 is 0 Å². The van der Waals surface area contributed by atoms with Crippen LogP contribution in [0.3, 0.4) is 0 Å². The Bertz CT molecular complexity index is 565. The number of methoxy groups -OCH3 is 1. The summed E-state index contributed by atoms with van der Waals surface area (Å²) in [6.07, 6.45) is 2.32. The average molecular weight is 256 g/mol. The number of hydrogen-bond acceptors (Lipinski definition) is 4. The molecule has 0 bridgehead atoms.